The molecular weight excluding hydrogens is 366 g/mol. The van der Waals surface area contributed by atoms with E-state index in [-0.39, 0.29) is 0 Å². The minimum atomic E-state index is 0.296. The van der Waals surface area contributed by atoms with E-state index in [2.05, 4.69) is 26.2 Å². The van der Waals surface area contributed by atoms with Gasteiger partial charge in [0, 0.05) is 5.41 Å². The lowest BCUT2D eigenvalue weighted by Gasteiger charge is -2.52. The quantitative estimate of drug-likeness (QED) is 0.478. The minimum absolute atomic E-state index is 0.296. The summed E-state index contributed by atoms with van der Waals surface area (Å²) in [4.78, 5) is 0. The van der Waals surface area contributed by atoms with E-state index in [1.165, 1.54) is 58.4 Å². The minimum Gasteiger partial charge on any atom is -0.495 e. The van der Waals surface area contributed by atoms with E-state index in [0.29, 0.717) is 11.5 Å². The Kier molecular flexibility index (Phi) is 8.38. The molecule has 0 bridgehead atoms. The summed E-state index contributed by atoms with van der Waals surface area (Å²) in [7, 11) is 1.50. The Labute approximate surface area is 187 Å². The summed E-state index contributed by atoms with van der Waals surface area (Å²) in [6, 6.07) is 0. The largest absolute Gasteiger partial charge is 0.495 e. The lowest BCUT2D eigenvalue weighted by atomic mass is 9.53. The third kappa shape index (κ3) is 4.50. The van der Waals surface area contributed by atoms with E-state index in [9.17, 15) is 0 Å². The first-order chi connectivity index (χ1) is 14.6. The molecule has 9 atom stereocenters. The molecule has 2 heteroatoms. The maximum Gasteiger partial charge on any atom is 0.0985 e. The van der Waals surface area contributed by atoms with Crippen molar-refractivity contribution in [3.8, 4) is 0 Å². The highest BCUT2D eigenvalue weighted by atomic mass is 16.5. The SMILES string of the molecule is C=C(OC1CCC2C(CCC3C4CCCC4CCC23)C1)C1(C)CC1CC.CC.CN. The molecule has 5 aliphatic carbocycles. The molecule has 5 rings (SSSR count). The lowest BCUT2D eigenvalue weighted by Crippen LogP contribution is -2.45. The molecule has 0 aliphatic heterocycles. The molecule has 2 N–H and O–H groups in total. The molecule has 0 amide bonds. The number of ether oxygens (including phenoxy) is 1. The third-order valence-electron chi connectivity index (χ3n) is 9.95. The Balaban J connectivity index is 0.000000606. The molecule has 0 aromatic heterocycles. The molecule has 0 heterocycles. The van der Waals surface area contributed by atoms with Gasteiger partial charge in [-0.3, -0.25) is 0 Å². The molecule has 0 aromatic rings. The fourth-order valence-corrected chi connectivity index (χ4v) is 8.26. The van der Waals surface area contributed by atoms with Crippen molar-refractivity contribution in [1.29, 1.82) is 0 Å². The van der Waals surface area contributed by atoms with Gasteiger partial charge < -0.3 is 10.5 Å². The second-order valence-corrected chi connectivity index (χ2v) is 11.0. The number of allylic oxidation sites excluding steroid dienone is 1. The van der Waals surface area contributed by atoms with Crippen LogP contribution in [0.5, 0.6) is 0 Å². The summed E-state index contributed by atoms with van der Waals surface area (Å²) >= 11 is 0. The molecule has 0 aromatic carbocycles. The summed E-state index contributed by atoms with van der Waals surface area (Å²) in [6.45, 7) is 13.1. The number of fused-ring (bicyclic) bond motifs is 5. The van der Waals surface area contributed by atoms with Crippen LogP contribution in [-0.2, 0) is 4.74 Å². The van der Waals surface area contributed by atoms with Crippen LogP contribution in [0.25, 0.3) is 0 Å². The number of hydrogen-bond donors (Lipinski definition) is 1. The Morgan fingerprint density at radius 1 is 0.867 bits per heavy atom. The molecular formula is C28H51NO. The van der Waals surface area contributed by atoms with E-state index in [4.69, 9.17) is 4.74 Å². The summed E-state index contributed by atoms with van der Waals surface area (Å²) in [5, 5.41) is 0. The normalized spacial score (nSPS) is 45.9. The van der Waals surface area contributed by atoms with Crippen LogP contribution in [0.2, 0.25) is 0 Å². The molecule has 0 radical (unpaired) electrons. The summed E-state index contributed by atoms with van der Waals surface area (Å²) in [5.41, 5.74) is 4.80. The molecule has 30 heavy (non-hydrogen) atoms. The van der Waals surface area contributed by atoms with Crippen molar-refractivity contribution in [3.63, 3.8) is 0 Å². The van der Waals surface area contributed by atoms with Gasteiger partial charge in [0.1, 0.15) is 0 Å². The molecule has 2 nitrogen and oxygen atoms in total. The van der Waals surface area contributed by atoms with E-state index in [1.54, 1.807) is 25.7 Å². The lowest BCUT2D eigenvalue weighted by molar-refractivity contribution is -0.0560. The highest BCUT2D eigenvalue weighted by Gasteiger charge is 2.53. The van der Waals surface area contributed by atoms with Crippen molar-refractivity contribution in [2.75, 3.05) is 7.05 Å². The number of hydrogen-bond acceptors (Lipinski definition) is 2. The fourth-order valence-electron chi connectivity index (χ4n) is 8.26. The fraction of sp³-hybridized carbons (Fsp3) is 0.929. The van der Waals surface area contributed by atoms with E-state index in [0.717, 1.165) is 47.2 Å². The first kappa shape index (κ1) is 24.1. The molecule has 0 spiro atoms. The van der Waals surface area contributed by atoms with Crippen molar-refractivity contribution < 1.29 is 4.74 Å². The van der Waals surface area contributed by atoms with Gasteiger partial charge in [0.25, 0.3) is 0 Å². The Morgan fingerprint density at radius 2 is 1.47 bits per heavy atom. The zero-order valence-corrected chi connectivity index (χ0v) is 20.8. The van der Waals surface area contributed by atoms with Crippen LogP contribution in [0.1, 0.15) is 105 Å². The predicted octanol–water partition coefficient (Wildman–Crippen LogP) is 7.58. The van der Waals surface area contributed by atoms with Gasteiger partial charge in [0.15, 0.2) is 0 Å². The van der Waals surface area contributed by atoms with E-state index < -0.39 is 0 Å². The molecule has 5 fully saturated rings. The van der Waals surface area contributed by atoms with Crippen molar-refractivity contribution in [2.45, 2.75) is 111 Å². The summed E-state index contributed by atoms with van der Waals surface area (Å²) in [6.07, 6.45) is 17.9. The van der Waals surface area contributed by atoms with Crippen molar-refractivity contribution in [1.82, 2.24) is 0 Å². The highest BCUT2D eigenvalue weighted by Crippen LogP contribution is 2.60. The van der Waals surface area contributed by atoms with Gasteiger partial charge in [-0.25, -0.2) is 0 Å². The second-order valence-electron chi connectivity index (χ2n) is 11.0. The van der Waals surface area contributed by atoms with Crippen LogP contribution < -0.4 is 5.73 Å². The zero-order chi connectivity index (χ0) is 21.9. The van der Waals surface area contributed by atoms with Crippen LogP contribution in [0.4, 0.5) is 0 Å². The molecule has 5 saturated carbocycles. The van der Waals surface area contributed by atoms with Gasteiger partial charge in [0.2, 0.25) is 0 Å². The second kappa shape index (κ2) is 10.4. The topological polar surface area (TPSA) is 35.2 Å². The van der Waals surface area contributed by atoms with Gasteiger partial charge in [-0.15, -0.1) is 0 Å². The first-order valence-corrected chi connectivity index (χ1v) is 13.5. The average molecular weight is 418 g/mol. The molecule has 174 valence electrons. The van der Waals surface area contributed by atoms with Gasteiger partial charge in [-0.05, 0) is 106 Å². The van der Waals surface area contributed by atoms with E-state index in [1.807, 2.05) is 13.8 Å². The first-order valence-electron chi connectivity index (χ1n) is 13.5. The number of rotatable bonds is 4. The molecule has 9 unspecified atom stereocenters. The smallest absolute Gasteiger partial charge is 0.0985 e. The summed E-state index contributed by atoms with van der Waals surface area (Å²) < 4.78 is 6.51. The van der Waals surface area contributed by atoms with Gasteiger partial charge >= 0.3 is 0 Å². The van der Waals surface area contributed by atoms with E-state index >= 15 is 0 Å². The van der Waals surface area contributed by atoms with Crippen LogP contribution >= 0.6 is 0 Å². The van der Waals surface area contributed by atoms with Crippen molar-refractivity contribution in [3.05, 3.63) is 12.3 Å². The highest BCUT2D eigenvalue weighted by molar-refractivity contribution is 5.16. The maximum absolute atomic E-state index is 6.51. The predicted molar refractivity (Wildman–Crippen MR) is 129 cm³/mol. The summed E-state index contributed by atoms with van der Waals surface area (Å²) in [5.74, 6) is 8.32. The van der Waals surface area contributed by atoms with Crippen molar-refractivity contribution >= 4 is 0 Å². The van der Waals surface area contributed by atoms with Gasteiger partial charge in [0.05, 0.1) is 11.9 Å². The number of nitrogens with two attached hydrogens (primary N) is 1. The van der Waals surface area contributed by atoms with Crippen LogP contribution in [-0.4, -0.2) is 13.2 Å². The standard InChI is InChI=1S/C25H40O.C2H6.CH5N/c1-4-19-15-25(19,3)16(2)26-20-10-13-22-18(14-20)9-12-23-21-7-5-6-17(21)8-11-24(22)23;2*1-2/h17-24H,2,4-15H2,1,3H3;1-2H3;2H2,1H3. The third-order valence-corrected chi connectivity index (χ3v) is 9.95. The monoisotopic (exact) mass is 417 g/mol. The molecule has 0 saturated heterocycles. The van der Waals surface area contributed by atoms with Gasteiger partial charge in [-0.1, -0.05) is 53.5 Å². The maximum atomic E-state index is 6.51. The van der Waals surface area contributed by atoms with Crippen LogP contribution in [0.15, 0.2) is 12.3 Å². The van der Waals surface area contributed by atoms with Crippen LogP contribution in [0.3, 0.4) is 0 Å². The van der Waals surface area contributed by atoms with Gasteiger partial charge in [-0.2, -0.15) is 0 Å². The average Bonchev–Trinajstić information content (AvgIpc) is 3.24. The Bertz CT molecular complexity index is 559. The van der Waals surface area contributed by atoms with Crippen LogP contribution in [0, 0.1) is 46.8 Å². The molecule has 5 aliphatic rings. The Hall–Kier alpha value is -0.500. The Morgan fingerprint density at radius 3 is 2.10 bits per heavy atom. The van der Waals surface area contributed by atoms with Crippen molar-refractivity contribution in [2.24, 2.45) is 52.6 Å². The zero-order valence-electron chi connectivity index (χ0n) is 20.8.